The lowest BCUT2D eigenvalue weighted by Crippen LogP contribution is -2.44. The minimum Gasteiger partial charge on any atom is -0.369 e. The van der Waals surface area contributed by atoms with Crippen molar-refractivity contribution in [1.82, 2.24) is 9.62 Å². The summed E-state index contributed by atoms with van der Waals surface area (Å²) in [6.45, 7) is 8.19. The molecule has 0 aromatic heterocycles. The average molecular weight is 374 g/mol. The van der Waals surface area contributed by atoms with Crippen LogP contribution < -0.4 is 9.62 Å². The lowest BCUT2D eigenvalue weighted by molar-refractivity contribution is 0.313. The van der Waals surface area contributed by atoms with E-state index in [-0.39, 0.29) is 0 Å². The van der Waals surface area contributed by atoms with Gasteiger partial charge in [0.1, 0.15) is 0 Å². The summed E-state index contributed by atoms with van der Waals surface area (Å²) in [5.74, 6) is 0. The fourth-order valence-electron chi connectivity index (χ4n) is 3.14. The molecular formula is C20H27N3O2S. The first-order valence-corrected chi connectivity index (χ1v) is 10.4. The number of anilines is 1. The molecular weight excluding hydrogens is 346 g/mol. The van der Waals surface area contributed by atoms with Gasteiger partial charge in [0.15, 0.2) is 0 Å². The molecule has 1 aliphatic rings. The summed E-state index contributed by atoms with van der Waals surface area (Å²) < 4.78 is 27.9. The zero-order chi connectivity index (χ0) is 18.7. The summed E-state index contributed by atoms with van der Waals surface area (Å²) in [6.07, 6.45) is 0. The van der Waals surface area contributed by atoms with E-state index in [0.29, 0.717) is 11.4 Å². The predicted octanol–water partition coefficient (Wildman–Crippen LogP) is 2.53. The Labute approximate surface area is 156 Å². The van der Waals surface area contributed by atoms with Crippen LogP contribution in [-0.4, -0.2) is 46.5 Å². The Morgan fingerprint density at radius 3 is 2.27 bits per heavy atom. The topological polar surface area (TPSA) is 52.7 Å². The minimum absolute atomic E-state index is 0.290. The van der Waals surface area contributed by atoms with Crippen LogP contribution >= 0.6 is 0 Å². The Balaban J connectivity index is 1.65. The van der Waals surface area contributed by atoms with E-state index in [2.05, 4.69) is 33.7 Å². The zero-order valence-electron chi connectivity index (χ0n) is 15.7. The van der Waals surface area contributed by atoms with Crippen LogP contribution in [0.15, 0.2) is 47.4 Å². The van der Waals surface area contributed by atoms with Gasteiger partial charge in [0.25, 0.3) is 0 Å². The number of aryl methyl sites for hydroxylation is 2. The molecule has 2 aromatic carbocycles. The number of hydrogen-bond acceptors (Lipinski definition) is 4. The highest BCUT2D eigenvalue weighted by atomic mass is 32.2. The van der Waals surface area contributed by atoms with Gasteiger partial charge < -0.3 is 9.80 Å². The highest BCUT2D eigenvalue weighted by Crippen LogP contribution is 2.19. The maximum Gasteiger partial charge on any atom is 0.241 e. The van der Waals surface area contributed by atoms with Gasteiger partial charge >= 0.3 is 0 Å². The second-order valence-electron chi connectivity index (χ2n) is 7.05. The maximum absolute atomic E-state index is 12.6. The molecule has 0 spiro atoms. The third-order valence-corrected chi connectivity index (χ3v) is 6.45. The molecule has 1 N–H and O–H groups in total. The van der Waals surface area contributed by atoms with Gasteiger partial charge in [-0.25, -0.2) is 13.1 Å². The molecule has 3 rings (SSSR count). The lowest BCUT2D eigenvalue weighted by atomic mass is 10.2. The number of likely N-dealkylation sites (N-methyl/N-ethyl adjacent to an activating group) is 1. The number of nitrogens with one attached hydrogen (secondary N) is 1. The molecule has 0 atom stereocenters. The van der Waals surface area contributed by atoms with Crippen molar-refractivity contribution in [2.24, 2.45) is 0 Å². The molecule has 2 aromatic rings. The summed E-state index contributed by atoms with van der Waals surface area (Å²) in [4.78, 5) is 5.04. The van der Waals surface area contributed by atoms with Crippen molar-refractivity contribution in [3.8, 4) is 0 Å². The minimum atomic E-state index is -3.51. The van der Waals surface area contributed by atoms with Crippen molar-refractivity contribution in [1.29, 1.82) is 0 Å². The quantitative estimate of drug-likeness (QED) is 0.875. The fraction of sp³-hybridized carbons (Fsp3) is 0.400. The first-order chi connectivity index (χ1) is 12.3. The van der Waals surface area contributed by atoms with Gasteiger partial charge in [0.2, 0.25) is 10.0 Å². The third-order valence-electron chi connectivity index (χ3n) is 4.90. The number of piperazine rings is 1. The van der Waals surface area contributed by atoms with Gasteiger partial charge in [0.05, 0.1) is 4.90 Å². The van der Waals surface area contributed by atoms with E-state index in [9.17, 15) is 8.42 Å². The number of sulfonamides is 1. The third kappa shape index (κ3) is 4.44. The molecule has 5 nitrogen and oxygen atoms in total. The van der Waals surface area contributed by atoms with E-state index in [4.69, 9.17) is 0 Å². The average Bonchev–Trinajstić information content (AvgIpc) is 2.63. The Morgan fingerprint density at radius 2 is 1.62 bits per heavy atom. The number of rotatable bonds is 5. The molecule has 0 saturated carbocycles. The van der Waals surface area contributed by atoms with E-state index in [0.717, 1.165) is 42.9 Å². The van der Waals surface area contributed by atoms with Crippen molar-refractivity contribution >= 4 is 15.7 Å². The van der Waals surface area contributed by atoms with Gasteiger partial charge in [-0.2, -0.15) is 0 Å². The van der Waals surface area contributed by atoms with Crippen molar-refractivity contribution in [3.05, 3.63) is 59.2 Å². The summed E-state index contributed by atoms with van der Waals surface area (Å²) in [6, 6.07) is 13.6. The summed E-state index contributed by atoms with van der Waals surface area (Å²) in [5, 5.41) is 0. The van der Waals surface area contributed by atoms with Crippen LogP contribution in [0.5, 0.6) is 0 Å². The van der Waals surface area contributed by atoms with Gasteiger partial charge in [0, 0.05) is 38.4 Å². The summed E-state index contributed by atoms with van der Waals surface area (Å²) in [5.41, 5.74) is 3.84. The largest absolute Gasteiger partial charge is 0.369 e. The molecule has 0 unspecified atom stereocenters. The first kappa shape index (κ1) is 18.9. The first-order valence-electron chi connectivity index (χ1n) is 8.94. The number of nitrogens with zero attached hydrogens (tertiary/aromatic N) is 2. The second-order valence-corrected chi connectivity index (χ2v) is 8.79. The number of benzene rings is 2. The van der Waals surface area contributed by atoms with Crippen LogP contribution in [0.2, 0.25) is 0 Å². The standard InChI is InChI=1S/C20H27N3O2S/c1-16-4-5-17(2)20(14-16)26(24,25)21-15-18-6-8-19(9-7-18)23-12-10-22(3)11-13-23/h4-9,14,21H,10-13,15H2,1-3H3. The van der Waals surface area contributed by atoms with Crippen molar-refractivity contribution < 1.29 is 8.42 Å². The van der Waals surface area contributed by atoms with Crippen LogP contribution in [0.4, 0.5) is 5.69 Å². The fourth-order valence-corrected chi connectivity index (χ4v) is 4.49. The molecule has 1 heterocycles. The Bertz CT molecular complexity index is 855. The molecule has 1 fully saturated rings. The Hall–Kier alpha value is -1.89. The molecule has 6 heteroatoms. The molecule has 1 saturated heterocycles. The molecule has 0 aliphatic carbocycles. The molecule has 0 bridgehead atoms. The molecule has 1 aliphatic heterocycles. The molecule has 0 radical (unpaired) electrons. The summed E-state index contributed by atoms with van der Waals surface area (Å²) in [7, 11) is -1.37. The van der Waals surface area contributed by atoms with Crippen LogP contribution in [0.25, 0.3) is 0 Å². The van der Waals surface area contributed by atoms with E-state index in [1.165, 1.54) is 5.69 Å². The Kier molecular flexibility index (Phi) is 5.65. The van der Waals surface area contributed by atoms with E-state index in [1.54, 1.807) is 6.07 Å². The van der Waals surface area contributed by atoms with E-state index >= 15 is 0 Å². The second kappa shape index (κ2) is 7.78. The van der Waals surface area contributed by atoms with Gasteiger partial charge in [-0.1, -0.05) is 24.3 Å². The smallest absolute Gasteiger partial charge is 0.241 e. The van der Waals surface area contributed by atoms with Crippen molar-refractivity contribution in [3.63, 3.8) is 0 Å². The van der Waals surface area contributed by atoms with Gasteiger partial charge in [-0.15, -0.1) is 0 Å². The van der Waals surface area contributed by atoms with E-state index in [1.807, 2.05) is 38.1 Å². The molecule has 26 heavy (non-hydrogen) atoms. The highest BCUT2D eigenvalue weighted by molar-refractivity contribution is 7.89. The van der Waals surface area contributed by atoms with Gasteiger partial charge in [-0.3, -0.25) is 0 Å². The monoisotopic (exact) mass is 373 g/mol. The highest BCUT2D eigenvalue weighted by Gasteiger charge is 2.17. The van der Waals surface area contributed by atoms with Crippen LogP contribution in [-0.2, 0) is 16.6 Å². The van der Waals surface area contributed by atoms with Crippen LogP contribution in [0, 0.1) is 13.8 Å². The maximum atomic E-state index is 12.6. The van der Waals surface area contributed by atoms with Crippen molar-refractivity contribution in [2.45, 2.75) is 25.3 Å². The molecule has 0 amide bonds. The number of hydrogen-bond donors (Lipinski definition) is 1. The zero-order valence-corrected chi connectivity index (χ0v) is 16.5. The molecule has 140 valence electrons. The van der Waals surface area contributed by atoms with E-state index < -0.39 is 10.0 Å². The Morgan fingerprint density at radius 1 is 0.962 bits per heavy atom. The van der Waals surface area contributed by atoms with Crippen molar-refractivity contribution in [2.75, 3.05) is 38.1 Å². The lowest BCUT2D eigenvalue weighted by Gasteiger charge is -2.34. The SMILES string of the molecule is Cc1ccc(C)c(S(=O)(=O)NCc2ccc(N3CCN(C)CC3)cc2)c1. The van der Waals surface area contributed by atoms with Crippen LogP contribution in [0.1, 0.15) is 16.7 Å². The van der Waals surface area contributed by atoms with Gasteiger partial charge in [-0.05, 0) is 55.8 Å². The normalized spacial score (nSPS) is 16.0. The summed E-state index contributed by atoms with van der Waals surface area (Å²) >= 11 is 0. The predicted molar refractivity (Wildman–Crippen MR) is 106 cm³/mol. The van der Waals surface area contributed by atoms with Crippen LogP contribution in [0.3, 0.4) is 0 Å².